The van der Waals surface area contributed by atoms with Crippen molar-refractivity contribution in [2.24, 2.45) is 0 Å². The van der Waals surface area contributed by atoms with Crippen molar-refractivity contribution in [2.75, 3.05) is 0 Å². The molecule has 2 heteroatoms. The summed E-state index contributed by atoms with van der Waals surface area (Å²) in [5.41, 5.74) is 2.39. The van der Waals surface area contributed by atoms with Gasteiger partial charge in [-0.1, -0.05) is 32.9 Å². The minimum Gasteiger partial charge on any atom is -0.364 e. The second-order valence-electron chi connectivity index (χ2n) is 3.62. The van der Waals surface area contributed by atoms with Crippen molar-refractivity contribution in [3.8, 4) is 0 Å². The van der Waals surface area contributed by atoms with E-state index in [9.17, 15) is 0 Å². The van der Waals surface area contributed by atoms with Gasteiger partial charge in [-0.25, -0.2) is 0 Å². The third-order valence-corrected chi connectivity index (χ3v) is 2.32. The zero-order valence-electron chi connectivity index (χ0n) is 8.29. The quantitative estimate of drug-likeness (QED) is 0.690. The van der Waals surface area contributed by atoms with Crippen LogP contribution >= 0.6 is 0 Å². The van der Waals surface area contributed by atoms with Gasteiger partial charge in [0.2, 0.25) is 0 Å². The van der Waals surface area contributed by atoms with Gasteiger partial charge in [-0.05, 0) is 18.3 Å². The van der Waals surface area contributed by atoms with E-state index in [1.807, 2.05) is 0 Å². The van der Waals surface area contributed by atoms with Crippen LogP contribution in [0.25, 0.3) is 0 Å². The molecule has 0 aliphatic rings. The van der Waals surface area contributed by atoms with Gasteiger partial charge in [0.1, 0.15) is 6.26 Å². The molecule has 0 bridgehead atoms. The van der Waals surface area contributed by atoms with Crippen molar-refractivity contribution in [2.45, 2.75) is 46.0 Å². The van der Waals surface area contributed by atoms with Gasteiger partial charge in [0.25, 0.3) is 0 Å². The molecule has 0 radical (unpaired) electrons. The number of hydrogen-bond donors (Lipinski definition) is 0. The molecule has 0 aliphatic heterocycles. The van der Waals surface area contributed by atoms with Crippen LogP contribution in [0.1, 0.15) is 57.2 Å². The molecule has 1 aromatic rings. The lowest BCUT2D eigenvalue weighted by Gasteiger charge is -2.08. The minimum absolute atomic E-state index is 0.466. The van der Waals surface area contributed by atoms with E-state index in [1.165, 1.54) is 5.56 Å². The molecule has 1 heterocycles. The summed E-state index contributed by atoms with van der Waals surface area (Å²) in [4.78, 5) is 0. The van der Waals surface area contributed by atoms with Crippen LogP contribution in [0.3, 0.4) is 0 Å². The molecule has 1 rings (SSSR count). The Morgan fingerprint density at radius 1 is 1.42 bits per heavy atom. The maximum absolute atomic E-state index is 4.98. The van der Waals surface area contributed by atoms with Crippen LogP contribution in [0.5, 0.6) is 0 Å². The van der Waals surface area contributed by atoms with Crippen molar-refractivity contribution < 1.29 is 4.52 Å². The number of nitrogens with zero attached hydrogens (tertiary/aromatic N) is 1. The molecule has 0 aliphatic carbocycles. The molecule has 0 aromatic carbocycles. The first kappa shape index (κ1) is 9.30. The van der Waals surface area contributed by atoms with Crippen molar-refractivity contribution in [1.29, 1.82) is 0 Å². The zero-order chi connectivity index (χ0) is 9.14. The first-order chi connectivity index (χ1) is 5.66. The normalized spacial score (nSPS) is 13.8. The first-order valence-corrected chi connectivity index (χ1v) is 4.61. The van der Waals surface area contributed by atoms with Gasteiger partial charge in [-0.2, -0.15) is 0 Å². The Kier molecular flexibility index (Phi) is 2.90. The third-order valence-electron chi connectivity index (χ3n) is 2.32. The van der Waals surface area contributed by atoms with Gasteiger partial charge in [0.05, 0.1) is 5.69 Å². The smallest absolute Gasteiger partial charge is 0.127 e. The van der Waals surface area contributed by atoms with Gasteiger partial charge in [0.15, 0.2) is 0 Å². The van der Waals surface area contributed by atoms with Crippen LogP contribution in [-0.4, -0.2) is 5.16 Å². The van der Waals surface area contributed by atoms with E-state index in [2.05, 4.69) is 32.9 Å². The highest BCUT2D eigenvalue weighted by Crippen LogP contribution is 2.26. The van der Waals surface area contributed by atoms with Crippen LogP contribution < -0.4 is 0 Å². The summed E-state index contributed by atoms with van der Waals surface area (Å²) < 4.78 is 4.98. The largest absolute Gasteiger partial charge is 0.364 e. The Morgan fingerprint density at radius 3 is 2.58 bits per heavy atom. The van der Waals surface area contributed by atoms with E-state index >= 15 is 0 Å². The highest BCUT2D eigenvalue weighted by atomic mass is 16.5. The highest BCUT2D eigenvalue weighted by Gasteiger charge is 2.15. The average molecular weight is 167 g/mol. The van der Waals surface area contributed by atoms with E-state index in [4.69, 9.17) is 4.52 Å². The minimum atomic E-state index is 0.466. The molecule has 0 saturated heterocycles. The second kappa shape index (κ2) is 3.74. The molecular weight excluding hydrogens is 150 g/mol. The average Bonchev–Trinajstić information content (AvgIpc) is 2.50. The maximum Gasteiger partial charge on any atom is 0.127 e. The van der Waals surface area contributed by atoms with E-state index in [-0.39, 0.29) is 0 Å². The van der Waals surface area contributed by atoms with Crippen LogP contribution in [0.4, 0.5) is 0 Å². The Bertz CT molecular complexity index is 240. The third kappa shape index (κ3) is 1.68. The number of rotatable bonds is 3. The summed E-state index contributed by atoms with van der Waals surface area (Å²) in [5.74, 6) is 1.03. The lowest BCUT2D eigenvalue weighted by atomic mass is 9.95. The molecule has 0 saturated carbocycles. The lowest BCUT2D eigenvalue weighted by Crippen LogP contribution is -1.97. The van der Waals surface area contributed by atoms with Crippen molar-refractivity contribution in [3.05, 3.63) is 17.5 Å². The van der Waals surface area contributed by atoms with Gasteiger partial charge in [0, 0.05) is 5.56 Å². The summed E-state index contributed by atoms with van der Waals surface area (Å²) in [6.07, 6.45) is 2.92. The predicted molar refractivity (Wildman–Crippen MR) is 49.3 cm³/mol. The topological polar surface area (TPSA) is 26.0 Å². The van der Waals surface area contributed by atoms with Crippen LogP contribution in [0, 0.1) is 0 Å². The Hall–Kier alpha value is -0.790. The number of aromatic nitrogens is 1. The fourth-order valence-corrected chi connectivity index (χ4v) is 1.28. The fourth-order valence-electron chi connectivity index (χ4n) is 1.28. The monoisotopic (exact) mass is 167 g/mol. The molecule has 0 fully saturated rings. The Balaban J connectivity index is 2.91. The molecule has 2 nitrogen and oxygen atoms in total. The van der Waals surface area contributed by atoms with Crippen LogP contribution in [0.15, 0.2) is 10.8 Å². The van der Waals surface area contributed by atoms with Crippen molar-refractivity contribution >= 4 is 0 Å². The SMILES string of the molecule is CCC(C)c1conc1C(C)C. The van der Waals surface area contributed by atoms with Gasteiger partial charge >= 0.3 is 0 Å². The molecular formula is C10H17NO. The molecule has 0 N–H and O–H groups in total. The molecule has 0 amide bonds. The summed E-state index contributed by atoms with van der Waals surface area (Å²) in [5, 5.41) is 4.01. The van der Waals surface area contributed by atoms with E-state index in [0.29, 0.717) is 11.8 Å². The molecule has 1 unspecified atom stereocenters. The van der Waals surface area contributed by atoms with Gasteiger partial charge in [-0.3, -0.25) is 0 Å². The standard InChI is InChI=1S/C10H17NO/c1-5-8(4)9-6-12-11-10(9)7(2)3/h6-8H,5H2,1-4H3. The first-order valence-electron chi connectivity index (χ1n) is 4.61. The zero-order valence-corrected chi connectivity index (χ0v) is 8.29. The maximum atomic E-state index is 4.98. The molecule has 12 heavy (non-hydrogen) atoms. The number of hydrogen-bond acceptors (Lipinski definition) is 2. The van der Waals surface area contributed by atoms with E-state index in [1.54, 1.807) is 6.26 Å². The highest BCUT2D eigenvalue weighted by molar-refractivity contribution is 5.21. The van der Waals surface area contributed by atoms with Crippen LogP contribution in [-0.2, 0) is 0 Å². The predicted octanol–water partition coefficient (Wildman–Crippen LogP) is 3.31. The second-order valence-corrected chi connectivity index (χ2v) is 3.62. The van der Waals surface area contributed by atoms with Crippen molar-refractivity contribution in [3.63, 3.8) is 0 Å². The molecule has 0 spiro atoms. The fraction of sp³-hybridized carbons (Fsp3) is 0.700. The summed E-state index contributed by atoms with van der Waals surface area (Å²) in [6.45, 7) is 8.67. The molecule has 1 atom stereocenters. The Morgan fingerprint density at radius 2 is 2.08 bits per heavy atom. The molecule has 68 valence electrons. The summed E-state index contributed by atoms with van der Waals surface area (Å²) in [6, 6.07) is 0. The van der Waals surface area contributed by atoms with Crippen molar-refractivity contribution in [1.82, 2.24) is 5.16 Å². The van der Waals surface area contributed by atoms with E-state index in [0.717, 1.165) is 12.1 Å². The Labute approximate surface area is 74.0 Å². The summed E-state index contributed by atoms with van der Waals surface area (Å²) >= 11 is 0. The van der Waals surface area contributed by atoms with Gasteiger partial charge in [-0.15, -0.1) is 0 Å². The van der Waals surface area contributed by atoms with Gasteiger partial charge < -0.3 is 4.52 Å². The van der Waals surface area contributed by atoms with E-state index < -0.39 is 0 Å². The summed E-state index contributed by atoms with van der Waals surface area (Å²) in [7, 11) is 0. The van der Waals surface area contributed by atoms with Crippen LogP contribution in [0.2, 0.25) is 0 Å². The molecule has 1 aromatic heterocycles. The lowest BCUT2D eigenvalue weighted by molar-refractivity contribution is 0.407.